The molecule has 0 spiro atoms. The zero-order chi connectivity index (χ0) is 32.9. The van der Waals surface area contributed by atoms with Crippen molar-refractivity contribution >= 4 is 5.91 Å². The van der Waals surface area contributed by atoms with Crippen LogP contribution < -0.4 is 5.32 Å². The van der Waals surface area contributed by atoms with Crippen molar-refractivity contribution in [2.45, 2.75) is 225 Å². The maximum absolute atomic E-state index is 12.3. The molecule has 0 aromatic rings. The lowest BCUT2D eigenvalue weighted by atomic mass is 10.0. The van der Waals surface area contributed by atoms with Crippen molar-refractivity contribution in [3.63, 3.8) is 0 Å². The summed E-state index contributed by atoms with van der Waals surface area (Å²) in [6, 6.07) is -0.620. The molecule has 4 heteroatoms. The van der Waals surface area contributed by atoms with Crippen molar-refractivity contribution in [1.29, 1.82) is 0 Å². The van der Waals surface area contributed by atoms with Crippen LogP contribution in [-0.2, 0) is 4.79 Å². The summed E-state index contributed by atoms with van der Waals surface area (Å²) in [5.74, 6) is -0.0683. The molecule has 0 aliphatic rings. The van der Waals surface area contributed by atoms with E-state index >= 15 is 0 Å². The third-order valence-electron chi connectivity index (χ3n) is 9.18. The molecule has 4 nitrogen and oxygen atoms in total. The topological polar surface area (TPSA) is 69.6 Å². The highest BCUT2D eigenvalue weighted by Gasteiger charge is 2.17. The number of amides is 1. The fraction of sp³-hybridized carbons (Fsp3) is 0.878. The SMILES string of the molecule is CCCCCCCC/C=C/CCCCCCCCCC(=O)N[C@@H](CO)[C@H](O)/C=C/CCCCCCCCCCCCCCCC. The van der Waals surface area contributed by atoms with Crippen molar-refractivity contribution in [1.82, 2.24) is 5.32 Å². The average Bonchev–Trinajstić information content (AvgIpc) is 3.04. The van der Waals surface area contributed by atoms with E-state index in [1.54, 1.807) is 6.08 Å². The quantitative estimate of drug-likeness (QED) is 0.0475. The second-order valence-electron chi connectivity index (χ2n) is 13.7. The summed E-state index contributed by atoms with van der Waals surface area (Å²) >= 11 is 0. The van der Waals surface area contributed by atoms with Gasteiger partial charge in [0.05, 0.1) is 18.8 Å². The summed E-state index contributed by atoms with van der Waals surface area (Å²) in [6.45, 7) is 4.30. The van der Waals surface area contributed by atoms with Crippen molar-refractivity contribution < 1.29 is 15.0 Å². The van der Waals surface area contributed by atoms with Crippen LogP contribution in [0.4, 0.5) is 0 Å². The lowest BCUT2D eigenvalue weighted by Gasteiger charge is -2.20. The Kier molecular flexibility index (Phi) is 36.4. The van der Waals surface area contributed by atoms with E-state index in [4.69, 9.17) is 0 Å². The molecule has 0 rings (SSSR count). The van der Waals surface area contributed by atoms with Crippen LogP contribution in [0.1, 0.15) is 213 Å². The number of aliphatic hydroxyl groups excluding tert-OH is 2. The first-order valence-electron chi connectivity index (χ1n) is 20.1. The minimum absolute atomic E-state index is 0.0683. The van der Waals surface area contributed by atoms with Crippen LogP contribution in [0, 0.1) is 0 Å². The molecule has 0 unspecified atom stereocenters. The predicted octanol–water partition coefficient (Wildman–Crippen LogP) is 12.1. The molecule has 0 aromatic heterocycles. The molecule has 0 bridgehead atoms. The van der Waals surface area contributed by atoms with E-state index in [2.05, 4.69) is 31.3 Å². The number of unbranched alkanes of at least 4 members (excludes halogenated alkanes) is 27. The van der Waals surface area contributed by atoms with Gasteiger partial charge >= 0.3 is 0 Å². The molecule has 266 valence electrons. The van der Waals surface area contributed by atoms with Crippen LogP contribution in [0.25, 0.3) is 0 Å². The number of carbonyl (C=O) groups excluding carboxylic acids is 1. The summed E-state index contributed by atoms with van der Waals surface area (Å²) in [5.41, 5.74) is 0. The van der Waals surface area contributed by atoms with Crippen molar-refractivity contribution in [3.8, 4) is 0 Å². The molecule has 0 radical (unpaired) electrons. The van der Waals surface area contributed by atoms with E-state index in [1.165, 1.54) is 167 Å². The first kappa shape index (κ1) is 43.9. The minimum atomic E-state index is -0.837. The monoisotopic (exact) mass is 634 g/mol. The molecule has 0 saturated heterocycles. The highest BCUT2D eigenvalue weighted by molar-refractivity contribution is 5.76. The van der Waals surface area contributed by atoms with Gasteiger partial charge in [0.2, 0.25) is 5.91 Å². The molecular weight excluding hydrogens is 554 g/mol. The predicted molar refractivity (Wildman–Crippen MR) is 198 cm³/mol. The fourth-order valence-electron chi connectivity index (χ4n) is 6.05. The molecule has 45 heavy (non-hydrogen) atoms. The highest BCUT2D eigenvalue weighted by Crippen LogP contribution is 2.14. The van der Waals surface area contributed by atoms with E-state index < -0.39 is 12.1 Å². The molecule has 1 amide bonds. The Morgan fingerprint density at radius 3 is 1.22 bits per heavy atom. The van der Waals surface area contributed by atoms with E-state index in [0.29, 0.717) is 6.42 Å². The molecular formula is C41H79NO3. The van der Waals surface area contributed by atoms with Crippen molar-refractivity contribution in [2.75, 3.05) is 6.61 Å². The van der Waals surface area contributed by atoms with Crippen LogP contribution in [0.2, 0.25) is 0 Å². The highest BCUT2D eigenvalue weighted by atomic mass is 16.3. The number of aliphatic hydroxyl groups is 2. The number of allylic oxidation sites excluding steroid dienone is 3. The maximum Gasteiger partial charge on any atom is 0.220 e. The van der Waals surface area contributed by atoms with E-state index in [0.717, 1.165) is 25.7 Å². The number of rotatable bonds is 36. The average molecular weight is 634 g/mol. The Balaban J connectivity index is 3.60. The number of hydrogen-bond acceptors (Lipinski definition) is 3. The Bertz CT molecular complexity index is 647. The molecule has 2 atom stereocenters. The summed E-state index contributed by atoms with van der Waals surface area (Å²) in [7, 11) is 0. The van der Waals surface area contributed by atoms with Gasteiger partial charge in [-0.15, -0.1) is 0 Å². The van der Waals surface area contributed by atoms with Gasteiger partial charge in [-0.05, 0) is 44.9 Å². The standard InChI is InChI=1S/C41H79NO3/c1-3-5-7-9-11-13-15-17-19-21-23-25-27-29-31-33-35-37-41(45)42-39(38-43)40(44)36-34-32-30-28-26-24-22-20-18-16-14-12-10-8-6-4-2/h17,19,34,36,39-40,43-44H,3-16,18,20-33,35,37-38H2,1-2H3,(H,42,45)/b19-17+,36-34+/t39-,40+/m0/s1. The van der Waals surface area contributed by atoms with E-state index in [9.17, 15) is 15.0 Å². The Morgan fingerprint density at radius 2 is 0.844 bits per heavy atom. The van der Waals surface area contributed by atoms with Crippen LogP contribution in [0.3, 0.4) is 0 Å². The van der Waals surface area contributed by atoms with Gasteiger partial charge in [-0.2, -0.15) is 0 Å². The maximum atomic E-state index is 12.3. The van der Waals surface area contributed by atoms with Gasteiger partial charge in [-0.3, -0.25) is 4.79 Å². The number of nitrogens with one attached hydrogen (secondary N) is 1. The molecule has 0 heterocycles. The second kappa shape index (κ2) is 37.3. The zero-order valence-electron chi connectivity index (χ0n) is 30.4. The van der Waals surface area contributed by atoms with Crippen molar-refractivity contribution in [3.05, 3.63) is 24.3 Å². The Morgan fingerprint density at radius 1 is 0.511 bits per heavy atom. The van der Waals surface area contributed by atoms with Gasteiger partial charge in [-0.25, -0.2) is 0 Å². The molecule has 0 aliphatic heterocycles. The Hall–Kier alpha value is -1.13. The van der Waals surface area contributed by atoms with Gasteiger partial charge < -0.3 is 15.5 Å². The summed E-state index contributed by atoms with van der Waals surface area (Å²) in [5, 5.41) is 22.9. The van der Waals surface area contributed by atoms with Gasteiger partial charge in [0.1, 0.15) is 0 Å². The van der Waals surface area contributed by atoms with Crippen molar-refractivity contribution in [2.24, 2.45) is 0 Å². The first-order chi connectivity index (χ1) is 22.2. The summed E-state index contributed by atoms with van der Waals surface area (Å²) in [4.78, 5) is 12.3. The lowest BCUT2D eigenvalue weighted by molar-refractivity contribution is -0.123. The van der Waals surface area contributed by atoms with Crippen LogP contribution in [0.15, 0.2) is 24.3 Å². The van der Waals surface area contributed by atoms with Gasteiger partial charge in [-0.1, -0.05) is 186 Å². The minimum Gasteiger partial charge on any atom is -0.394 e. The van der Waals surface area contributed by atoms with E-state index in [-0.39, 0.29) is 12.5 Å². The number of carbonyl (C=O) groups is 1. The lowest BCUT2D eigenvalue weighted by Crippen LogP contribution is -2.45. The first-order valence-corrected chi connectivity index (χ1v) is 20.1. The van der Waals surface area contributed by atoms with Gasteiger partial charge in [0.25, 0.3) is 0 Å². The molecule has 0 aliphatic carbocycles. The van der Waals surface area contributed by atoms with Crippen LogP contribution in [0.5, 0.6) is 0 Å². The summed E-state index contributed by atoms with van der Waals surface area (Å²) < 4.78 is 0. The zero-order valence-corrected chi connectivity index (χ0v) is 30.4. The van der Waals surface area contributed by atoms with Gasteiger partial charge in [0.15, 0.2) is 0 Å². The van der Waals surface area contributed by atoms with E-state index in [1.807, 2.05) is 6.08 Å². The molecule has 0 fully saturated rings. The smallest absolute Gasteiger partial charge is 0.220 e. The third kappa shape index (κ3) is 34.0. The van der Waals surface area contributed by atoms with Gasteiger partial charge in [0, 0.05) is 6.42 Å². The largest absolute Gasteiger partial charge is 0.394 e. The molecule has 0 aromatic carbocycles. The summed E-state index contributed by atoms with van der Waals surface area (Å²) in [6.07, 6.45) is 46.9. The Labute approximate surface area is 281 Å². The second-order valence-corrected chi connectivity index (χ2v) is 13.7. The normalized spacial score (nSPS) is 13.2. The molecule has 3 N–H and O–H groups in total. The van der Waals surface area contributed by atoms with Crippen LogP contribution >= 0.6 is 0 Å². The molecule has 0 saturated carbocycles. The van der Waals surface area contributed by atoms with Crippen LogP contribution in [-0.4, -0.2) is 34.9 Å². The fourth-order valence-corrected chi connectivity index (χ4v) is 6.05. The number of hydrogen-bond donors (Lipinski definition) is 3. The third-order valence-corrected chi connectivity index (χ3v) is 9.18.